The van der Waals surface area contributed by atoms with Gasteiger partial charge in [-0.25, -0.2) is 4.39 Å². The molecular formula is C14H19FN2. The second-order valence-electron chi connectivity index (χ2n) is 5.92. The van der Waals surface area contributed by atoms with Crippen molar-refractivity contribution >= 4 is 5.69 Å². The molecule has 1 aromatic carbocycles. The van der Waals surface area contributed by atoms with Crippen LogP contribution in [0.1, 0.15) is 31.9 Å². The van der Waals surface area contributed by atoms with Crippen LogP contribution in [-0.4, -0.2) is 19.1 Å². The van der Waals surface area contributed by atoms with Crippen LogP contribution < -0.4 is 10.2 Å². The van der Waals surface area contributed by atoms with Gasteiger partial charge >= 0.3 is 0 Å². The standard InChI is InChI=1S/C14H19FN2/c1-9-6-16-7-10-4-5-11(15)12-13(10)17(9)8-14(12,2)3/h4-5,9,16H,6-8H2,1-3H3. The highest BCUT2D eigenvalue weighted by Gasteiger charge is 2.41. The summed E-state index contributed by atoms with van der Waals surface area (Å²) in [5.74, 6) is -0.0506. The van der Waals surface area contributed by atoms with Gasteiger partial charge in [-0.15, -0.1) is 0 Å². The Labute approximate surface area is 102 Å². The Bertz CT molecular complexity index is 468. The summed E-state index contributed by atoms with van der Waals surface area (Å²) in [5.41, 5.74) is 3.20. The summed E-state index contributed by atoms with van der Waals surface area (Å²) in [5, 5.41) is 3.43. The van der Waals surface area contributed by atoms with Crippen molar-refractivity contribution in [1.82, 2.24) is 5.32 Å². The van der Waals surface area contributed by atoms with Crippen molar-refractivity contribution in [2.24, 2.45) is 0 Å². The Morgan fingerprint density at radius 3 is 2.94 bits per heavy atom. The van der Waals surface area contributed by atoms with Gasteiger partial charge in [-0.2, -0.15) is 0 Å². The first-order chi connectivity index (χ1) is 8.00. The average molecular weight is 234 g/mol. The molecule has 1 atom stereocenters. The Morgan fingerprint density at radius 1 is 1.41 bits per heavy atom. The van der Waals surface area contributed by atoms with Gasteiger partial charge in [0.2, 0.25) is 0 Å². The molecular weight excluding hydrogens is 215 g/mol. The number of benzene rings is 1. The highest BCUT2D eigenvalue weighted by molar-refractivity contribution is 5.68. The van der Waals surface area contributed by atoms with Gasteiger partial charge in [0.1, 0.15) is 5.82 Å². The molecule has 0 radical (unpaired) electrons. The quantitative estimate of drug-likeness (QED) is 0.741. The van der Waals surface area contributed by atoms with Gasteiger partial charge in [0.15, 0.2) is 0 Å². The van der Waals surface area contributed by atoms with E-state index >= 15 is 0 Å². The van der Waals surface area contributed by atoms with Crippen LogP contribution in [0.3, 0.4) is 0 Å². The molecule has 0 bridgehead atoms. The summed E-state index contributed by atoms with van der Waals surface area (Å²) < 4.78 is 14.1. The van der Waals surface area contributed by atoms with Crippen LogP contribution in [-0.2, 0) is 12.0 Å². The van der Waals surface area contributed by atoms with Gasteiger partial charge < -0.3 is 10.2 Å². The first-order valence-corrected chi connectivity index (χ1v) is 6.30. The van der Waals surface area contributed by atoms with E-state index in [1.54, 1.807) is 6.07 Å². The van der Waals surface area contributed by atoms with Crippen LogP contribution in [0.15, 0.2) is 12.1 Å². The topological polar surface area (TPSA) is 15.3 Å². The molecule has 2 aliphatic heterocycles. The van der Waals surface area contributed by atoms with Crippen molar-refractivity contribution in [2.45, 2.75) is 38.8 Å². The fourth-order valence-corrected chi connectivity index (χ4v) is 3.21. The molecule has 1 unspecified atom stereocenters. The van der Waals surface area contributed by atoms with E-state index in [1.165, 1.54) is 5.56 Å². The first-order valence-electron chi connectivity index (χ1n) is 6.30. The third-order valence-electron chi connectivity index (χ3n) is 4.03. The van der Waals surface area contributed by atoms with Crippen molar-refractivity contribution in [3.05, 3.63) is 29.1 Å². The average Bonchev–Trinajstić information content (AvgIpc) is 2.46. The minimum absolute atomic E-state index is 0.0506. The predicted molar refractivity (Wildman–Crippen MR) is 67.9 cm³/mol. The van der Waals surface area contributed by atoms with Gasteiger partial charge in [0, 0.05) is 42.3 Å². The van der Waals surface area contributed by atoms with Crippen LogP contribution in [0.4, 0.5) is 10.1 Å². The Balaban J connectivity index is 2.26. The van der Waals surface area contributed by atoms with E-state index in [2.05, 4.69) is 31.0 Å². The minimum atomic E-state index is -0.0823. The fourth-order valence-electron chi connectivity index (χ4n) is 3.21. The van der Waals surface area contributed by atoms with E-state index in [0.29, 0.717) is 6.04 Å². The van der Waals surface area contributed by atoms with Crippen molar-refractivity contribution in [3.63, 3.8) is 0 Å². The molecule has 3 heteroatoms. The zero-order chi connectivity index (χ0) is 12.2. The van der Waals surface area contributed by atoms with Gasteiger partial charge in [-0.05, 0) is 18.6 Å². The molecule has 1 N–H and O–H groups in total. The zero-order valence-electron chi connectivity index (χ0n) is 10.7. The van der Waals surface area contributed by atoms with Crippen LogP contribution in [0.25, 0.3) is 0 Å². The normalized spacial score (nSPS) is 25.6. The molecule has 1 aromatic rings. The third-order valence-corrected chi connectivity index (χ3v) is 4.03. The molecule has 92 valence electrons. The van der Waals surface area contributed by atoms with E-state index < -0.39 is 0 Å². The molecule has 0 saturated heterocycles. The van der Waals surface area contributed by atoms with Crippen LogP contribution in [0.5, 0.6) is 0 Å². The molecule has 0 spiro atoms. The Kier molecular flexibility index (Phi) is 2.24. The number of nitrogens with zero attached hydrogens (tertiary/aromatic N) is 1. The minimum Gasteiger partial charge on any atom is -0.366 e. The first kappa shape index (κ1) is 11.0. The molecule has 0 saturated carbocycles. The number of rotatable bonds is 0. The number of nitrogens with one attached hydrogen (secondary N) is 1. The lowest BCUT2D eigenvalue weighted by molar-refractivity contribution is 0.486. The maximum Gasteiger partial charge on any atom is 0.129 e. The van der Waals surface area contributed by atoms with Gasteiger partial charge in [0.25, 0.3) is 0 Å². The highest BCUT2D eigenvalue weighted by Crippen LogP contribution is 2.45. The third kappa shape index (κ3) is 1.48. The number of anilines is 1. The lowest BCUT2D eigenvalue weighted by Crippen LogP contribution is -2.39. The molecule has 0 amide bonds. The van der Waals surface area contributed by atoms with Crippen molar-refractivity contribution in [1.29, 1.82) is 0 Å². The summed E-state index contributed by atoms with van der Waals surface area (Å²) in [4.78, 5) is 2.37. The number of halogens is 1. The summed E-state index contributed by atoms with van der Waals surface area (Å²) in [6, 6.07) is 3.98. The van der Waals surface area contributed by atoms with Crippen molar-refractivity contribution < 1.29 is 4.39 Å². The molecule has 0 aromatic heterocycles. The highest BCUT2D eigenvalue weighted by atomic mass is 19.1. The smallest absolute Gasteiger partial charge is 0.129 e. The molecule has 0 aliphatic carbocycles. The van der Waals surface area contributed by atoms with E-state index in [1.807, 2.05) is 6.07 Å². The van der Waals surface area contributed by atoms with Crippen LogP contribution >= 0.6 is 0 Å². The van der Waals surface area contributed by atoms with E-state index in [4.69, 9.17) is 0 Å². The SMILES string of the molecule is CC1CNCc2ccc(F)c3c2N1CC3(C)C. The number of hydrogen-bond donors (Lipinski definition) is 1. The van der Waals surface area contributed by atoms with E-state index in [0.717, 1.165) is 30.9 Å². The largest absolute Gasteiger partial charge is 0.366 e. The Hall–Kier alpha value is -1.09. The zero-order valence-corrected chi connectivity index (χ0v) is 10.7. The predicted octanol–water partition coefficient (Wildman–Crippen LogP) is 2.42. The maximum absolute atomic E-state index is 14.1. The lowest BCUT2D eigenvalue weighted by atomic mass is 9.85. The van der Waals surface area contributed by atoms with Gasteiger partial charge in [-0.3, -0.25) is 0 Å². The summed E-state index contributed by atoms with van der Waals surface area (Å²) in [7, 11) is 0. The molecule has 2 aliphatic rings. The second-order valence-corrected chi connectivity index (χ2v) is 5.92. The van der Waals surface area contributed by atoms with E-state index in [-0.39, 0.29) is 11.2 Å². The molecule has 2 heterocycles. The fraction of sp³-hybridized carbons (Fsp3) is 0.571. The van der Waals surface area contributed by atoms with Gasteiger partial charge in [-0.1, -0.05) is 19.9 Å². The molecule has 0 fully saturated rings. The maximum atomic E-state index is 14.1. The lowest BCUT2D eigenvalue weighted by Gasteiger charge is -2.27. The molecule has 17 heavy (non-hydrogen) atoms. The molecule has 3 rings (SSSR count). The monoisotopic (exact) mass is 234 g/mol. The van der Waals surface area contributed by atoms with Crippen LogP contribution in [0, 0.1) is 5.82 Å². The summed E-state index contributed by atoms with van der Waals surface area (Å²) in [6.07, 6.45) is 0. The van der Waals surface area contributed by atoms with Crippen LogP contribution in [0.2, 0.25) is 0 Å². The Morgan fingerprint density at radius 2 is 2.18 bits per heavy atom. The van der Waals surface area contributed by atoms with Crippen molar-refractivity contribution in [2.75, 3.05) is 18.0 Å². The number of hydrogen-bond acceptors (Lipinski definition) is 2. The van der Waals surface area contributed by atoms with E-state index in [9.17, 15) is 4.39 Å². The molecule has 2 nitrogen and oxygen atoms in total. The summed E-state index contributed by atoms with van der Waals surface area (Å²) in [6.45, 7) is 9.21. The van der Waals surface area contributed by atoms with Gasteiger partial charge in [0.05, 0.1) is 0 Å². The summed E-state index contributed by atoms with van der Waals surface area (Å²) >= 11 is 0. The van der Waals surface area contributed by atoms with Crippen molar-refractivity contribution in [3.8, 4) is 0 Å². The second kappa shape index (κ2) is 3.45.